The van der Waals surface area contributed by atoms with Crippen LogP contribution < -0.4 is 5.32 Å². The summed E-state index contributed by atoms with van der Waals surface area (Å²) in [5.41, 5.74) is -0.722. The summed E-state index contributed by atoms with van der Waals surface area (Å²) in [5.74, 6) is -1.61. The Morgan fingerprint density at radius 3 is 2.32 bits per heavy atom. The van der Waals surface area contributed by atoms with E-state index in [0.717, 1.165) is 0 Å². The third-order valence-electron chi connectivity index (χ3n) is 3.81. The summed E-state index contributed by atoms with van der Waals surface area (Å²) in [6.45, 7) is 0.602. The van der Waals surface area contributed by atoms with E-state index in [-0.39, 0.29) is 31.5 Å². The van der Waals surface area contributed by atoms with E-state index in [0.29, 0.717) is 18.8 Å². The lowest BCUT2D eigenvalue weighted by atomic mass is 9.90. The van der Waals surface area contributed by atoms with E-state index in [4.69, 9.17) is 4.74 Å². The molecule has 0 spiro atoms. The molecule has 2 rings (SSSR count). The molecule has 0 bridgehead atoms. The van der Waals surface area contributed by atoms with Crippen LogP contribution in [-0.4, -0.2) is 41.5 Å². The Kier molecular flexibility index (Phi) is 5.27. The first-order valence-corrected chi connectivity index (χ1v) is 7.24. The average Bonchev–Trinajstić information content (AvgIpc) is 2.54. The van der Waals surface area contributed by atoms with Crippen molar-refractivity contribution in [2.24, 2.45) is 0 Å². The minimum Gasteiger partial charge on any atom is -0.480 e. The number of carboxylic acids is 1. The van der Waals surface area contributed by atoms with Crippen LogP contribution in [0.2, 0.25) is 0 Å². The van der Waals surface area contributed by atoms with E-state index in [9.17, 15) is 19.5 Å². The largest absolute Gasteiger partial charge is 0.480 e. The van der Waals surface area contributed by atoms with Gasteiger partial charge in [0.05, 0.1) is 0 Å². The standard InChI is InChI=1S/C16H19NO5/c18-13(12-4-2-1-3-5-12)6-7-14(19)17-16(15(20)21)8-10-22-11-9-16/h1-5H,6-11H2,(H,17,19)(H,20,21). The lowest BCUT2D eigenvalue weighted by Crippen LogP contribution is -2.57. The minimum absolute atomic E-state index is 0.0242. The second-order valence-corrected chi connectivity index (χ2v) is 5.34. The Labute approximate surface area is 128 Å². The maximum atomic E-state index is 12.0. The molecule has 118 valence electrons. The fourth-order valence-electron chi connectivity index (χ4n) is 2.44. The molecule has 1 aliphatic heterocycles. The molecule has 1 aliphatic rings. The zero-order valence-corrected chi connectivity index (χ0v) is 12.2. The van der Waals surface area contributed by atoms with Crippen molar-refractivity contribution in [2.75, 3.05) is 13.2 Å². The fraction of sp³-hybridized carbons (Fsp3) is 0.438. The van der Waals surface area contributed by atoms with Crippen LogP contribution in [0.1, 0.15) is 36.0 Å². The van der Waals surface area contributed by atoms with E-state index < -0.39 is 17.4 Å². The Morgan fingerprint density at radius 2 is 1.73 bits per heavy atom. The quantitative estimate of drug-likeness (QED) is 0.775. The van der Waals surface area contributed by atoms with Crippen molar-refractivity contribution < 1.29 is 24.2 Å². The van der Waals surface area contributed by atoms with Crippen molar-refractivity contribution in [3.05, 3.63) is 35.9 Å². The van der Waals surface area contributed by atoms with Crippen molar-refractivity contribution in [1.82, 2.24) is 5.32 Å². The summed E-state index contributed by atoms with van der Waals surface area (Å²) in [6, 6.07) is 8.71. The molecule has 22 heavy (non-hydrogen) atoms. The second-order valence-electron chi connectivity index (χ2n) is 5.34. The zero-order chi connectivity index (χ0) is 16.0. The summed E-state index contributed by atoms with van der Waals surface area (Å²) < 4.78 is 5.14. The molecule has 1 saturated heterocycles. The van der Waals surface area contributed by atoms with Gasteiger partial charge in [0.15, 0.2) is 5.78 Å². The maximum absolute atomic E-state index is 12.0. The topological polar surface area (TPSA) is 92.7 Å². The van der Waals surface area contributed by atoms with Crippen molar-refractivity contribution in [2.45, 2.75) is 31.2 Å². The van der Waals surface area contributed by atoms with Crippen LogP contribution in [0.5, 0.6) is 0 Å². The molecule has 1 aromatic rings. The van der Waals surface area contributed by atoms with Gasteiger partial charge in [-0.3, -0.25) is 9.59 Å². The molecular weight excluding hydrogens is 286 g/mol. The molecular formula is C16H19NO5. The van der Waals surface area contributed by atoms with Gasteiger partial charge >= 0.3 is 5.97 Å². The molecule has 6 nitrogen and oxygen atoms in total. The molecule has 1 amide bonds. The first-order valence-electron chi connectivity index (χ1n) is 7.24. The summed E-state index contributed by atoms with van der Waals surface area (Å²) in [7, 11) is 0. The smallest absolute Gasteiger partial charge is 0.329 e. The second kappa shape index (κ2) is 7.17. The number of carbonyl (C=O) groups excluding carboxylic acids is 2. The minimum atomic E-state index is -1.27. The Balaban J connectivity index is 1.89. The number of hydrogen-bond donors (Lipinski definition) is 2. The highest BCUT2D eigenvalue weighted by atomic mass is 16.5. The zero-order valence-electron chi connectivity index (χ0n) is 12.2. The van der Waals surface area contributed by atoms with Gasteiger partial charge < -0.3 is 15.2 Å². The Hall–Kier alpha value is -2.21. The summed E-state index contributed by atoms with van der Waals surface area (Å²) in [5, 5.41) is 11.9. The van der Waals surface area contributed by atoms with Gasteiger partial charge in [-0.1, -0.05) is 30.3 Å². The molecule has 2 N–H and O–H groups in total. The number of carbonyl (C=O) groups is 3. The van der Waals surface area contributed by atoms with Crippen LogP contribution in [0, 0.1) is 0 Å². The summed E-state index contributed by atoms with van der Waals surface area (Å²) in [4.78, 5) is 35.4. The first-order chi connectivity index (χ1) is 10.5. The number of benzene rings is 1. The monoisotopic (exact) mass is 305 g/mol. The van der Waals surface area contributed by atoms with Gasteiger partial charge in [0.1, 0.15) is 5.54 Å². The van der Waals surface area contributed by atoms with Crippen LogP contribution in [0.3, 0.4) is 0 Å². The number of carboxylic acid groups (broad SMARTS) is 1. The van der Waals surface area contributed by atoms with Gasteiger partial charge in [-0.05, 0) is 0 Å². The molecule has 1 aromatic carbocycles. The van der Waals surface area contributed by atoms with E-state index in [1.54, 1.807) is 24.3 Å². The number of amides is 1. The number of aliphatic carboxylic acids is 1. The SMILES string of the molecule is O=C(CCC(=O)c1ccccc1)NC1(C(=O)O)CCOCC1. The summed E-state index contributed by atoms with van der Waals surface area (Å²) in [6.07, 6.45) is 0.507. The van der Waals surface area contributed by atoms with Gasteiger partial charge in [0.25, 0.3) is 0 Å². The first kappa shape index (κ1) is 16.2. The van der Waals surface area contributed by atoms with Crippen LogP contribution in [-0.2, 0) is 14.3 Å². The number of rotatable bonds is 6. The van der Waals surface area contributed by atoms with Gasteiger partial charge in [-0.25, -0.2) is 4.79 Å². The van der Waals surface area contributed by atoms with E-state index >= 15 is 0 Å². The number of ether oxygens (including phenoxy) is 1. The van der Waals surface area contributed by atoms with E-state index in [2.05, 4.69) is 5.32 Å². The molecule has 0 saturated carbocycles. The van der Waals surface area contributed by atoms with Gasteiger partial charge in [-0.2, -0.15) is 0 Å². The van der Waals surface area contributed by atoms with Gasteiger partial charge in [0, 0.05) is 44.5 Å². The lowest BCUT2D eigenvalue weighted by Gasteiger charge is -2.33. The lowest BCUT2D eigenvalue weighted by molar-refractivity contribution is -0.152. The molecule has 6 heteroatoms. The van der Waals surface area contributed by atoms with Crippen LogP contribution in [0.15, 0.2) is 30.3 Å². The molecule has 0 aromatic heterocycles. The normalized spacial score (nSPS) is 16.7. The number of hydrogen-bond acceptors (Lipinski definition) is 4. The molecule has 0 unspecified atom stereocenters. The van der Waals surface area contributed by atoms with Gasteiger partial charge in [-0.15, -0.1) is 0 Å². The van der Waals surface area contributed by atoms with E-state index in [1.807, 2.05) is 6.07 Å². The third-order valence-corrected chi connectivity index (χ3v) is 3.81. The van der Waals surface area contributed by atoms with Crippen LogP contribution in [0.25, 0.3) is 0 Å². The third kappa shape index (κ3) is 3.92. The predicted octanol–water partition coefficient (Wildman–Crippen LogP) is 1.40. The molecule has 0 radical (unpaired) electrons. The highest BCUT2D eigenvalue weighted by molar-refractivity contribution is 5.98. The number of nitrogens with one attached hydrogen (secondary N) is 1. The molecule has 0 aliphatic carbocycles. The maximum Gasteiger partial charge on any atom is 0.329 e. The number of Topliss-reactive ketones (excluding diaryl/α,β-unsaturated/α-hetero) is 1. The van der Waals surface area contributed by atoms with Crippen molar-refractivity contribution in [1.29, 1.82) is 0 Å². The van der Waals surface area contributed by atoms with Crippen LogP contribution >= 0.6 is 0 Å². The summed E-state index contributed by atoms with van der Waals surface area (Å²) >= 11 is 0. The van der Waals surface area contributed by atoms with Crippen molar-refractivity contribution in [3.63, 3.8) is 0 Å². The molecule has 1 fully saturated rings. The Morgan fingerprint density at radius 1 is 1.09 bits per heavy atom. The van der Waals surface area contributed by atoms with E-state index in [1.165, 1.54) is 0 Å². The van der Waals surface area contributed by atoms with Crippen molar-refractivity contribution >= 4 is 17.7 Å². The Bertz CT molecular complexity index is 549. The fourth-order valence-corrected chi connectivity index (χ4v) is 2.44. The average molecular weight is 305 g/mol. The highest BCUT2D eigenvalue weighted by Crippen LogP contribution is 2.21. The predicted molar refractivity (Wildman–Crippen MR) is 78.6 cm³/mol. The van der Waals surface area contributed by atoms with Crippen LogP contribution in [0.4, 0.5) is 0 Å². The molecule has 1 heterocycles. The van der Waals surface area contributed by atoms with Crippen molar-refractivity contribution in [3.8, 4) is 0 Å². The number of ketones is 1. The van der Waals surface area contributed by atoms with Gasteiger partial charge in [0.2, 0.25) is 5.91 Å². The molecule has 0 atom stereocenters. The highest BCUT2D eigenvalue weighted by Gasteiger charge is 2.41.